The van der Waals surface area contributed by atoms with Crippen LogP contribution in [0.2, 0.25) is 0 Å². The fourth-order valence-electron chi connectivity index (χ4n) is 2.16. The van der Waals surface area contributed by atoms with Crippen LogP contribution in [0.4, 0.5) is 15.8 Å². The van der Waals surface area contributed by atoms with Gasteiger partial charge in [0.1, 0.15) is 11.6 Å². The number of nitro benzene ring substituents is 1. The van der Waals surface area contributed by atoms with Gasteiger partial charge in [-0.05, 0) is 12.2 Å². The minimum atomic E-state index is -0.693. The van der Waals surface area contributed by atoms with E-state index in [4.69, 9.17) is 0 Å². The number of aliphatic hydroxyl groups excluding tert-OH is 1. The maximum atomic E-state index is 13.3. The number of hydrogen-bond donors (Lipinski definition) is 1. The lowest BCUT2D eigenvalue weighted by molar-refractivity contribution is -0.385. The minimum absolute atomic E-state index is 0.0374. The van der Waals surface area contributed by atoms with Crippen LogP contribution in [0.25, 0.3) is 5.57 Å². The first-order valence-electron chi connectivity index (χ1n) is 5.23. The van der Waals surface area contributed by atoms with Crippen LogP contribution < -0.4 is 0 Å². The lowest BCUT2D eigenvalue weighted by Crippen LogP contribution is -2.03. The zero-order chi connectivity index (χ0) is 12.9. The van der Waals surface area contributed by atoms with E-state index in [2.05, 4.69) is 4.99 Å². The summed E-state index contributed by atoms with van der Waals surface area (Å²) in [6.07, 6.45) is 3.35. The molecule has 0 bridgehead atoms. The van der Waals surface area contributed by atoms with Crippen LogP contribution in [0.3, 0.4) is 0 Å². The number of nitro groups is 1. The van der Waals surface area contributed by atoms with Crippen LogP contribution in [-0.2, 0) is 0 Å². The maximum absolute atomic E-state index is 13.3. The molecule has 1 aromatic rings. The molecule has 1 heterocycles. The third-order valence-corrected chi connectivity index (χ3v) is 2.89. The highest BCUT2D eigenvalue weighted by atomic mass is 19.1. The number of aliphatic imine (C=N–C) groups is 1. The molecule has 0 fully saturated rings. The third-order valence-electron chi connectivity index (χ3n) is 2.89. The van der Waals surface area contributed by atoms with E-state index in [-0.39, 0.29) is 22.7 Å². The van der Waals surface area contributed by atoms with E-state index in [1.807, 2.05) is 0 Å². The largest absolute Gasteiger partial charge is 0.508 e. The molecule has 1 aliphatic carbocycles. The quantitative estimate of drug-likeness (QED) is 0.611. The summed E-state index contributed by atoms with van der Waals surface area (Å²) in [6, 6.07) is 2.03. The Hall–Kier alpha value is -2.50. The molecule has 1 aliphatic heterocycles. The number of hydrogen-bond acceptors (Lipinski definition) is 4. The Labute approximate surface area is 101 Å². The highest BCUT2D eigenvalue weighted by Crippen LogP contribution is 2.43. The third kappa shape index (κ3) is 1.42. The highest BCUT2D eigenvalue weighted by Gasteiger charge is 2.31. The molecule has 0 radical (unpaired) electrons. The van der Waals surface area contributed by atoms with E-state index in [9.17, 15) is 19.6 Å². The second-order valence-corrected chi connectivity index (χ2v) is 4.03. The molecule has 5 nitrogen and oxygen atoms in total. The Kier molecular flexibility index (Phi) is 2.07. The summed E-state index contributed by atoms with van der Waals surface area (Å²) in [5, 5.41) is 20.4. The Morgan fingerprint density at radius 1 is 1.44 bits per heavy atom. The molecule has 3 rings (SSSR count). The van der Waals surface area contributed by atoms with E-state index < -0.39 is 10.7 Å². The number of rotatable bonds is 1. The summed E-state index contributed by atoms with van der Waals surface area (Å²) in [7, 11) is 0. The van der Waals surface area contributed by atoms with Crippen LogP contribution in [0.5, 0.6) is 0 Å². The molecule has 18 heavy (non-hydrogen) atoms. The zero-order valence-electron chi connectivity index (χ0n) is 9.05. The van der Waals surface area contributed by atoms with Gasteiger partial charge in [-0.2, -0.15) is 0 Å². The number of aliphatic hydroxyl groups is 1. The van der Waals surface area contributed by atoms with E-state index >= 15 is 0 Å². The van der Waals surface area contributed by atoms with Gasteiger partial charge in [-0.1, -0.05) is 0 Å². The van der Waals surface area contributed by atoms with Gasteiger partial charge in [-0.25, -0.2) is 4.39 Å². The molecular weight excluding hydrogens is 239 g/mol. The average molecular weight is 246 g/mol. The first-order valence-corrected chi connectivity index (χ1v) is 5.23. The highest BCUT2D eigenvalue weighted by molar-refractivity contribution is 6.31. The van der Waals surface area contributed by atoms with Gasteiger partial charge in [0.15, 0.2) is 0 Å². The summed E-state index contributed by atoms with van der Waals surface area (Å²) in [5.41, 5.74) is 1.29. The Morgan fingerprint density at radius 3 is 2.94 bits per heavy atom. The monoisotopic (exact) mass is 246 g/mol. The van der Waals surface area contributed by atoms with Crippen LogP contribution in [0, 0.1) is 15.9 Å². The molecule has 0 atom stereocenters. The molecule has 0 unspecified atom stereocenters. The van der Waals surface area contributed by atoms with Crippen molar-refractivity contribution in [3.8, 4) is 0 Å². The van der Waals surface area contributed by atoms with Crippen LogP contribution >= 0.6 is 0 Å². The van der Waals surface area contributed by atoms with Crippen LogP contribution in [-0.4, -0.2) is 15.7 Å². The summed E-state index contributed by atoms with van der Waals surface area (Å²) < 4.78 is 13.3. The van der Waals surface area contributed by atoms with E-state index in [0.717, 1.165) is 12.1 Å². The fourth-order valence-corrected chi connectivity index (χ4v) is 2.16. The lowest BCUT2D eigenvalue weighted by Gasteiger charge is -2.08. The Bertz CT molecular complexity index is 674. The fraction of sp³-hybridized carbons (Fsp3) is 0.0833. The number of benzene rings is 1. The molecule has 6 heteroatoms. The van der Waals surface area contributed by atoms with Gasteiger partial charge in [0.05, 0.1) is 28.0 Å². The van der Waals surface area contributed by atoms with Crippen molar-refractivity contribution in [2.24, 2.45) is 4.99 Å². The second-order valence-electron chi connectivity index (χ2n) is 4.03. The van der Waals surface area contributed by atoms with Crippen molar-refractivity contribution in [1.82, 2.24) is 0 Å². The van der Waals surface area contributed by atoms with Gasteiger partial charge in [0.25, 0.3) is 5.69 Å². The van der Waals surface area contributed by atoms with Crippen LogP contribution in [0.1, 0.15) is 12.0 Å². The van der Waals surface area contributed by atoms with E-state index in [1.165, 1.54) is 6.08 Å². The Balaban J connectivity index is 2.29. The lowest BCUT2D eigenvalue weighted by atomic mass is 9.95. The summed E-state index contributed by atoms with van der Waals surface area (Å²) in [4.78, 5) is 14.5. The molecule has 0 saturated heterocycles. The number of nitrogens with zero attached hydrogens (tertiary/aromatic N) is 2. The molecule has 2 aliphatic rings. The van der Waals surface area contributed by atoms with Gasteiger partial charge >= 0.3 is 0 Å². The smallest absolute Gasteiger partial charge is 0.282 e. The van der Waals surface area contributed by atoms with Crippen LogP contribution in [0.15, 0.2) is 35.0 Å². The predicted octanol–water partition coefficient (Wildman–Crippen LogP) is 3.05. The number of allylic oxidation sites excluding steroid dienone is 3. The molecule has 0 aromatic heterocycles. The van der Waals surface area contributed by atoms with Crippen molar-refractivity contribution in [3.05, 3.63) is 51.5 Å². The predicted molar refractivity (Wildman–Crippen MR) is 63.5 cm³/mol. The molecule has 0 amide bonds. The van der Waals surface area contributed by atoms with Gasteiger partial charge in [-0.3, -0.25) is 15.1 Å². The van der Waals surface area contributed by atoms with E-state index in [0.29, 0.717) is 17.7 Å². The van der Waals surface area contributed by atoms with E-state index in [1.54, 1.807) is 6.08 Å². The average Bonchev–Trinajstić information content (AvgIpc) is 2.65. The molecule has 0 spiro atoms. The molecule has 1 N–H and O–H groups in total. The van der Waals surface area contributed by atoms with Crippen molar-refractivity contribution >= 4 is 22.7 Å². The summed E-state index contributed by atoms with van der Waals surface area (Å²) in [6.45, 7) is 0. The van der Waals surface area contributed by atoms with Gasteiger partial charge < -0.3 is 5.11 Å². The van der Waals surface area contributed by atoms with Crippen molar-refractivity contribution in [1.29, 1.82) is 0 Å². The van der Waals surface area contributed by atoms with Crippen molar-refractivity contribution < 1.29 is 14.4 Å². The molecule has 0 saturated carbocycles. The standard InChI is InChI=1S/C12H7FN2O3/c13-6-3-10-12(11(4-6)15(17)18)8-5-7(16)1-2-9(8)14-10/h1,3-5,16H,2H2. The zero-order valence-corrected chi connectivity index (χ0v) is 9.05. The van der Waals surface area contributed by atoms with Gasteiger partial charge in [0.2, 0.25) is 0 Å². The minimum Gasteiger partial charge on any atom is -0.508 e. The van der Waals surface area contributed by atoms with Gasteiger partial charge in [-0.15, -0.1) is 0 Å². The molecular formula is C12H7FN2O3. The van der Waals surface area contributed by atoms with Crippen molar-refractivity contribution in [3.63, 3.8) is 0 Å². The maximum Gasteiger partial charge on any atom is 0.282 e. The second kappa shape index (κ2) is 3.49. The Morgan fingerprint density at radius 2 is 2.22 bits per heavy atom. The van der Waals surface area contributed by atoms with Crippen molar-refractivity contribution in [2.45, 2.75) is 6.42 Å². The molecule has 90 valence electrons. The SMILES string of the molecule is O=[N+]([O-])c1cc(F)cc2c1C1=CC(O)=CCC1=N2. The summed E-state index contributed by atoms with van der Waals surface area (Å²) >= 11 is 0. The number of fused-ring (bicyclic) bond motifs is 3. The topological polar surface area (TPSA) is 75.7 Å². The first-order chi connectivity index (χ1) is 8.56. The number of halogens is 1. The normalized spacial score (nSPS) is 16.4. The van der Waals surface area contributed by atoms with Gasteiger partial charge in [0, 0.05) is 18.1 Å². The summed E-state index contributed by atoms with van der Waals surface area (Å²) in [5.74, 6) is -0.656. The molecule has 1 aromatic carbocycles. The van der Waals surface area contributed by atoms with Crippen molar-refractivity contribution in [2.75, 3.05) is 0 Å². The first kappa shape index (κ1) is 10.6.